The Kier molecular flexibility index (Phi) is 6.61. The summed E-state index contributed by atoms with van der Waals surface area (Å²) in [7, 11) is -2.52. The van der Waals surface area contributed by atoms with Crippen LogP contribution in [-0.2, 0) is 26.0 Å². The summed E-state index contributed by atoms with van der Waals surface area (Å²) in [6.45, 7) is -0.211. The highest BCUT2D eigenvalue weighted by Crippen LogP contribution is 2.32. The number of sulfone groups is 1. The Labute approximate surface area is 174 Å². The summed E-state index contributed by atoms with van der Waals surface area (Å²) in [6, 6.07) is 13.1. The van der Waals surface area contributed by atoms with Gasteiger partial charge < -0.3 is 19.3 Å². The summed E-state index contributed by atoms with van der Waals surface area (Å²) in [5.74, 6) is -0.0745. The van der Waals surface area contributed by atoms with E-state index in [0.29, 0.717) is 11.5 Å². The van der Waals surface area contributed by atoms with Gasteiger partial charge in [0.1, 0.15) is 23.4 Å². The van der Waals surface area contributed by atoms with Crippen molar-refractivity contribution in [3.8, 4) is 11.5 Å². The molecule has 3 N–H and O–H groups in total. The number of hydrogen-bond acceptors (Lipinski definition) is 8. The van der Waals surface area contributed by atoms with Gasteiger partial charge >= 0.3 is 0 Å². The Morgan fingerprint density at radius 3 is 2.63 bits per heavy atom. The minimum Gasteiger partial charge on any atom is -0.497 e. The zero-order valence-electron chi connectivity index (χ0n) is 16.3. The monoisotopic (exact) mass is 437 g/mol. The van der Waals surface area contributed by atoms with Crippen molar-refractivity contribution in [1.82, 2.24) is 5.48 Å². The molecule has 0 radical (unpaired) electrons. The van der Waals surface area contributed by atoms with E-state index in [1.807, 2.05) is 24.3 Å². The fourth-order valence-electron chi connectivity index (χ4n) is 3.29. The highest BCUT2D eigenvalue weighted by Gasteiger charge is 2.53. The molecular formula is C20H23NO8S. The van der Waals surface area contributed by atoms with Gasteiger partial charge in [0.05, 0.1) is 18.6 Å². The first-order valence-corrected chi connectivity index (χ1v) is 10.7. The molecular weight excluding hydrogens is 414 g/mol. The topological polar surface area (TPSA) is 131 Å². The Morgan fingerprint density at radius 2 is 1.97 bits per heavy atom. The summed E-state index contributed by atoms with van der Waals surface area (Å²) in [5.41, 5.74) is -0.197. The van der Waals surface area contributed by atoms with E-state index in [-0.39, 0.29) is 24.5 Å². The highest BCUT2D eigenvalue weighted by atomic mass is 32.2. The number of ether oxygens (including phenoxy) is 3. The predicted molar refractivity (Wildman–Crippen MR) is 105 cm³/mol. The molecule has 2 unspecified atom stereocenters. The molecule has 2 aromatic rings. The van der Waals surface area contributed by atoms with Gasteiger partial charge in [-0.05, 0) is 48.4 Å². The molecule has 1 fully saturated rings. The number of aliphatic hydroxyl groups is 1. The fraction of sp³-hybridized carbons (Fsp3) is 0.350. The molecule has 0 bridgehead atoms. The zero-order valence-corrected chi connectivity index (χ0v) is 17.1. The molecule has 0 spiro atoms. The maximum Gasteiger partial charge on any atom is 0.279 e. The minimum absolute atomic E-state index is 0.0622. The molecule has 162 valence electrons. The highest BCUT2D eigenvalue weighted by molar-refractivity contribution is 7.92. The summed E-state index contributed by atoms with van der Waals surface area (Å²) in [4.78, 5) is 11.8. The summed E-state index contributed by atoms with van der Waals surface area (Å²) < 4.78 is 42.0. The third kappa shape index (κ3) is 4.41. The number of rotatable bonds is 7. The van der Waals surface area contributed by atoms with Gasteiger partial charge in [0.15, 0.2) is 15.4 Å². The van der Waals surface area contributed by atoms with E-state index in [1.165, 1.54) is 29.7 Å². The van der Waals surface area contributed by atoms with Crippen molar-refractivity contribution in [3.05, 3.63) is 54.1 Å². The summed E-state index contributed by atoms with van der Waals surface area (Å²) >= 11 is 0. The molecule has 3 rings (SSSR count). The third-order valence-electron chi connectivity index (χ3n) is 4.94. The van der Waals surface area contributed by atoms with Gasteiger partial charge in [0.25, 0.3) is 5.91 Å². The van der Waals surface area contributed by atoms with Gasteiger partial charge in [-0.3, -0.25) is 10.0 Å². The lowest BCUT2D eigenvalue weighted by molar-refractivity contribution is -0.161. The van der Waals surface area contributed by atoms with Crippen LogP contribution in [0.25, 0.3) is 0 Å². The molecule has 10 heteroatoms. The second-order valence-electron chi connectivity index (χ2n) is 6.85. The number of hydrogen-bond donors (Lipinski definition) is 3. The van der Waals surface area contributed by atoms with Crippen LogP contribution < -0.4 is 15.0 Å². The smallest absolute Gasteiger partial charge is 0.279 e. The normalized spacial score (nSPS) is 21.6. The second-order valence-corrected chi connectivity index (χ2v) is 8.98. The van der Waals surface area contributed by atoms with Gasteiger partial charge in [-0.2, -0.15) is 0 Å². The largest absolute Gasteiger partial charge is 0.497 e. The van der Waals surface area contributed by atoms with Crippen LogP contribution in [0.15, 0.2) is 53.4 Å². The van der Waals surface area contributed by atoms with E-state index in [9.17, 15) is 18.3 Å². The SMILES string of the molecule is COc1cccc(COc2ccc(S(=O)(=O)C3CCOCC3(O)C(=O)NO)cc2)c1. The van der Waals surface area contributed by atoms with Crippen LogP contribution in [0.3, 0.4) is 0 Å². The number of methoxy groups -OCH3 is 1. The Balaban J connectivity index is 1.76. The van der Waals surface area contributed by atoms with Gasteiger partial charge in [0, 0.05) is 6.61 Å². The fourth-order valence-corrected chi connectivity index (χ4v) is 5.23. The number of amides is 1. The third-order valence-corrected chi connectivity index (χ3v) is 7.24. The van der Waals surface area contributed by atoms with Gasteiger partial charge in [-0.15, -0.1) is 0 Å². The molecule has 2 atom stereocenters. The first kappa shape index (κ1) is 22.0. The Morgan fingerprint density at radius 1 is 1.23 bits per heavy atom. The van der Waals surface area contributed by atoms with E-state index < -0.39 is 33.2 Å². The number of nitrogens with one attached hydrogen (secondary N) is 1. The Hall–Kier alpha value is -2.66. The van der Waals surface area contributed by atoms with Crippen molar-refractivity contribution in [2.45, 2.75) is 28.8 Å². The van der Waals surface area contributed by atoms with E-state index in [1.54, 1.807) is 7.11 Å². The summed E-state index contributed by atoms with van der Waals surface area (Å²) in [6.07, 6.45) is -0.0969. The van der Waals surface area contributed by atoms with E-state index in [4.69, 9.17) is 19.4 Å². The van der Waals surface area contributed by atoms with Gasteiger partial charge in [-0.25, -0.2) is 13.9 Å². The van der Waals surface area contributed by atoms with Crippen LogP contribution in [0.1, 0.15) is 12.0 Å². The van der Waals surface area contributed by atoms with Crippen LogP contribution in [0.5, 0.6) is 11.5 Å². The quantitative estimate of drug-likeness (QED) is 0.433. The lowest BCUT2D eigenvalue weighted by atomic mass is 9.95. The molecule has 0 aromatic heterocycles. The van der Waals surface area contributed by atoms with E-state index in [0.717, 1.165) is 5.56 Å². The molecule has 9 nitrogen and oxygen atoms in total. The maximum absolute atomic E-state index is 13.1. The molecule has 1 saturated heterocycles. The zero-order chi connectivity index (χ0) is 21.8. The molecule has 1 aliphatic rings. The maximum atomic E-state index is 13.1. The average molecular weight is 437 g/mol. The standard InChI is InChI=1S/C20H23NO8S/c1-27-16-4-2-3-14(11-16)12-29-15-5-7-17(8-6-15)30(25,26)18-9-10-28-13-20(18,23)19(22)21-24/h2-8,11,18,23-24H,9-10,12-13H2,1H3,(H,21,22). The number of carbonyl (C=O) groups is 1. The van der Waals surface area contributed by atoms with Crippen LogP contribution in [0.2, 0.25) is 0 Å². The predicted octanol–water partition coefficient (Wildman–Crippen LogP) is 1.07. The van der Waals surface area contributed by atoms with Crippen LogP contribution in [0, 0.1) is 0 Å². The van der Waals surface area contributed by atoms with E-state index in [2.05, 4.69) is 0 Å². The Bertz CT molecular complexity index is 992. The number of hydroxylamine groups is 1. The molecule has 2 aromatic carbocycles. The minimum atomic E-state index is -4.09. The lowest BCUT2D eigenvalue weighted by Gasteiger charge is -2.36. The van der Waals surface area contributed by atoms with Gasteiger partial charge in [-0.1, -0.05) is 12.1 Å². The van der Waals surface area contributed by atoms with Crippen molar-refractivity contribution < 1.29 is 37.7 Å². The number of carbonyl (C=O) groups excluding carboxylic acids is 1. The van der Waals surface area contributed by atoms with E-state index >= 15 is 0 Å². The van der Waals surface area contributed by atoms with Crippen molar-refractivity contribution in [3.63, 3.8) is 0 Å². The van der Waals surface area contributed by atoms with Crippen molar-refractivity contribution in [1.29, 1.82) is 0 Å². The molecule has 30 heavy (non-hydrogen) atoms. The molecule has 1 heterocycles. The molecule has 0 saturated carbocycles. The lowest BCUT2D eigenvalue weighted by Crippen LogP contribution is -2.62. The van der Waals surface area contributed by atoms with Crippen LogP contribution >= 0.6 is 0 Å². The van der Waals surface area contributed by atoms with Crippen LogP contribution in [0.4, 0.5) is 0 Å². The van der Waals surface area contributed by atoms with Crippen molar-refractivity contribution in [2.24, 2.45) is 0 Å². The number of benzene rings is 2. The molecule has 1 amide bonds. The van der Waals surface area contributed by atoms with Gasteiger partial charge in [0.2, 0.25) is 0 Å². The summed E-state index contributed by atoms with van der Waals surface area (Å²) in [5, 5.41) is 18.0. The average Bonchev–Trinajstić information content (AvgIpc) is 2.77. The van der Waals surface area contributed by atoms with Crippen molar-refractivity contribution >= 4 is 15.7 Å². The first-order valence-electron chi connectivity index (χ1n) is 9.15. The van der Waals surface area contributed by atoms with Crippen LogP contribution in [-0.4, -0.2) is 55.8 Å². The second kappa shape index (κ2) is 9.00. The molecule has 0 aliphatic carbocycles. The first-order chi connectivity index (χ1) is 14.3. The van der Waals surface area contributed by atoms with Crippen molar-refractivity contribution in [2.75, 3.05) is 20.3 Å². The molecule has 1 aliphatic heterocycles.